The van der Waals surface area contributed by atoms with Crippen LogP contribution in [0.1, 0.15) is 52.9 Å². The minimum atomic E-state index is 0.293. The molecule has 2 nitrogen and oxygen atoms in total. The van der Waals surface area contributed by atoms with Crippen molar-refractivity contribution in [1.82, 2.24) is 0 Å². The van der Waals surface area contributed by atoms with Crippen LogP contribution in [-0.2, 0) is 9.53 Å². The summed E-state index contributed by atoms with van der Waals surface area (Å²) >= 11 is 0. The number of ether oxygens (including phenoxy) is 1. The SMILES string of the molecule is CC1(C)C2CCC1(C)C(OCC(=O)C1CC1)C2. The molecule has 3 aliphatic carbocycles. The maximum absolute atomic E-state index is 11.7. The Balaban J connectivity index is 1.63. The van der Waals surface area contributed by atoms with Gasteiger partial charge in [0.1, 0.15) is 6.61 Å². The van der Waals surface area contributed by atoms with E-state index in [1.807, 2.05) is 0 Å². The predicted molar refractivity (Wildman–Crippen MR) is 66.7 cm³/mol. The molecule has 3 rings (SSSR count). The first-order valence-electron chi connectivity index (χ1n) is 7.09. The molecule has 3 atom stereocenters. The van der Waals surface area contributed by atoms with E-state index in [-0.39, 0.29) is 0 Å². The van der Waals surface area contributed by atoms with Crippen molar-refractivity contribution in [3.05, 3.63) is 0 Å². The van der Waals surface area contributed by atoms with E-state index >= 15 is 0 Å². The van der Waals surface area contributed by atoms with Crippen LogP contribution >= 0.6 is 0 Å². The van der Waals surface area contributed by atoms with Crippen LogP contribution in [0.5, 0.6) is 0 Å². The summed E-state index contributed by atoms with van der Waals surface area (Å²) < 4.78 is 5.99. The number of hydrogen-bond donors (Lipinski definition) is 0. The lowest BCUT2D eigenvalue weighted by Crippen LogP contribution is -2.38. The maximum Gasteiger partial charge on any atom is 0.161 e. The lowest BCUT2D eigenvalue weighted by atomic mass is 9.70. The molecule has 3 aliphatic rings. The fourth-order valence-corrected chi connectivity index (χ4v) is 4.09. The van der Waals surface area contributed by atoms with Crippen molar-refractivity contribution in [2.24, 2.45) is 22.7 Å². The molecular formula is C15H24O2. The van der Waals surface area contributed by atoms with Crippen molar-refractivity contribution in [3.8, 4) is 0 Å². The molecule has 2 heteroatoms. The molecule has 0 heterocycles. The van der Waals surface area contributed by atoms with Gasteiger partial charge in [0.05, 0.1) is 6.10 Å². The second kappa shape index (κ2) is 3.57. The molecule has 0 saturated heterocycles. The Morgan fingerprint density at radius 3 is 2.41 bits per heavy atom. The lowest BCUT2D eigenvalue weighted by Gasteiger charge is -2.38. The normalized spacial score (nSPS) is 43.0. The van der Waals surface area contributed by atoms with Crippen molar-refractivity contribution in [2.45, 2.75) is 59.0 Å². The fraction of sp³-hybridized carbons (Fsp3) is 0.933. The summed E-state index contributed by atoms with van der Waals surface area (Å²) in [4.78, 5) is 11.7. The summed E-state index contributed by atoms with van der Waals surface area (Å²) in [7, 11) is 0. The average molecular weight is 236 g/mol. The summed E-state index contributed by atoms with van der Waals surface area (Å²) in [5.41, 5.74) is 0.682. The smallest absolute Gasteiger partial charge is 0.161 e. The van der Waals surface area contributed by atoms with Gasteiger partial charge in [-0.2, -0.15) is 0 Å². The van der Waals surface area contributed by atoms with E-state index in [9.17, 15) is 4.79 Å². The maximum atomic E-state index is 11.7. The summed E-state index contributed by atoms with van der Waals surface area (Å²) in [5, 5.41) is 0. The largest absolute Gasteiger partial charge is 0.370 e. The van der Waals surface area contributed by atoms with Gasteiger partial charge in [0.15, 0.2) is 5.78 Å². The molecule has 0 aromatic carbocycles. The Kier molecular flexibility index (Phi) is 2.46. The van der Waals surface area contributed by atoms with Crippen molar-refractivity contribution in [3.63, 3.8) is 0 Å². The Bertz CT molecular complexity index is 343. The highest BCUT2D eigenvalue weighted by Gasteiger charge is 2.61. The zero-order chi connectivity index (χ0) is 12.3. The summed E-state index contributed by atoms with van der Waals surface area (Å²) in [6.45, 7) is 7.51. The Morgan fingerprint density at radius 1 is 1.24 bits per heavy atom. The number of Topliss-reactive ketones (excluding diaryl/α,β-unsaturated/α-hetero) is 1. The summed E-state index contributed by atoms with van der Waals surface area (Å²) in [6.07, 6.45) is 6.30. The van der Waals surface area contributed by atoms with Gasteiger partial charge in [0.25, 0.3) is 0 Å². The van der Waals surface area contributed by atoms with Crippen molar-refractivity contribution >= 4 is 5.78 Å². The zero-order valence-corrected chi connectivity index (χ0v) is 11.3. The molecule has 3 saturated carbocycles. The number of hydrogen-bond acceptors (Lipinski definition) is 2. The van der Waals surface area contributed by atoms with Gasteiger partial charge in [-0.3, -0.25) is 4.79 Å². The van der Waals surface area contributed by atoms with Gasteiger partial charge in [-0.25, -0.2) is 0 Å². The van der Waals surface area contributed by atoms with Crippen LogP contribution in [0.15, 0.2) is 0 Å². The first-order chi connectivity index (χ1) is 7.95. The van der Waals surface area contributed by atoms with Gasteiger partial charge >= 0.3 is 0 Å². The van der Waals surface area contributed by atoms with Gasteiger partial charge in [-0.15, -0.1) is 0 Å². The fourth-order valence-electron chi connectivity index (χ4n) is 4.09. The molecular weight excluding hydrogens is 212 g/mol. The van der Waals surface area contributed by atoms with Gasteiger partial charge in [0.2, 0.25) is 0 Å². The zero-order valence-electron chi connectivity index (χ0n) is 11.3. The van der Waals surface area contributed by atoms with Gasteiger partial charge in [0, 0.05) is 5.92 Å². The molecule has 0 aromatic rings. The van der Waals surface area contributed by atoms with Crippen LogP contribution in [0, 0.1) is 22.7 Å². The minimum absolute atomic E-state index is 0.293. The van der Waals surface area contributed by atoms with Crippen LogP contribution < -0.4 is 0 Å². The highest BCUT2D eigenvalue weighted by Crippen LogP contribution is 2.66. The number of carbonyl (C=O) groups excluding carboxylic acids is 1. The Labute approximate surface area is 104 Å². The van der Waals surface area contributed by atoms with E-state index in [4.69, 9.17) is 4.74 Å². The van der Waals surface area contributed by atoms with E-state index in [2.05, 4.69) is 20.8 Å². The molecule has 0 radical (unpaired) electrons. The van der Waals surface area contributed by atoms with Crippen LogP contribution in [-0.4, -0.2) is 18.5 Å². The third-order valence-corrected chi connectivity index (χ3v) is 6.17. The highest BCUT2D eigenvalue weighted by molar-refractivity contribution is 5.84. The van der Waals surface area contributed by atoms with Crippen molar-refractivity contribution in [2.75, 3.05) is 6.61 Å². The van der Waals surface area contributed by atoms with E-state index in [0.29, 0.717) is 35.2 Å². The van der Waals surface area contributed by atoms with Gasteiger partial charge in [-0.1, -0.05) is 20.8 Å². The third kappa shape index (κ3) is 1.60. The summed E-state index contributed by atoms with van der Waals surface area (Å²) in [6, 6.07) is 0. The van der Waals surface area contributed by atoms with E-state index in [1.54, 1.807) is 0 Å². The number of ketones is 1. The Hall–Kier alpha value is -0.370. The molecule has 3 fully saturated rings. The quantitative estimate of drug-likeness (QED) is 0.749. The first-order valence-corrected chi connectivity index (χ1v) is 7.09. The third-order valence-electron chi connectivity index (χ3n) is 6.17. The average Bonchev–Trinajstić information content (AvgIpc) is 3.05. The molecule has 0 aliphatic heterocycles. The minimum Gasteiger partial charge on any atom is -0.370 e. The van der Waals surface area contributed by atoms with Crippen LogP contribution in [0.2, 0.25) is 0 Å². The number of carbonyl (C=O) groups is 1. The standard InChI is InChI=1S/C15H24O2/c1-14(2)11-6-7-15(14,3)13(8-11)17-9-12(16)10-4-5-10/h10-11,13H,4-9H2,1-3H3. The van der Waals surface area contributed by atoms with Crippen molar-refractivity contribution < 1.29 is 9.53 Å². The number of rotatable bonds is 4. The Morgan fingerprint density at radius 2 is 1.94 bits per heavy atom. The molecule has 3 unspecified atom stereocenters. The van der Waals surface area contributed by atoms with E-state index in [1.165, 1.54) is 19.3 Å². The van der Waals surface area contributed by atoms with Crippen molar-refractivity contribution in [1.29, 1.82) is 0 Å². The van der Waals surface area contributed by atoms with E-state index < -0.39 is 0 Å². The second-order valence-electron chi connectivity index (χ2n) is 7.15. The molecule has 0 aromatic heterocycles. The molecule has 96 valence electrons. The summed E-state index contributed by atoms with van der Waals surface area (Å²) in [5.74, 6) is 1.48. The molecule has 0 N–H and O–H groups in total. The molecule has 0 spiro atoms. The lowest BCUT2D eigenvalue weighted by molar-refractivity contribution is -0.130. The highest BCUT2D eigenvalue weighted by atomic mass is 16.5. The molecule has 17 heavy (non-hydrogen) atoms. The van der Waals surface area contributed by atoms with Crippen LogP contribution in [0.25, 0.3) is 0 Å². The van der Waals surface area contributed by atoms with E-state index in [0.717, 1.165) is 18.8 Å². The molecule has 2 bridgehead atoms. The van der Waals surface area contributed by atoms with Gasteiger partial charge in [-0.05, 0) is 48.9 Å². The van der Waals surface area contributed by atoms with Gasteiger partial charge < -0.3 is 4.74 Å². The second-order valence-corrected chi connectivity index (χ2v) is 7.15. The first kappa shape index (κ1) is 11.7. The predicted octanol–water partition coefficient (Wildman–Crippen LogP) is 3.20. The van der Waals surface area contributed by atoms with Crippen LogP contribution in [0.4, 0.5) is 0 Å². The molecule has 0 amide bonds. The monoisotopic (exact) mass is 236 g/mol. The number of fused-ring (bicyclic) bond motifs is 2. The topological polar surface area (TPSA) is 26.3 Å². The van der Waals surface area contributed by atoms with Crippen LogP contribution in [0.3, 0.4) is 0 Å².